The van der Waals surface area contributed by atoms with Crippen LogP contribution in [0.15, 0.2) is 47.5 Å². The van der Waals surface area contributed by atoms with Crippen LogP contribution < -0.4 is 15.4 Å². The highest BCUT2D eigenvalue weighted by Crippen LogP contribution is 2.20. The first-order chi connectivity index (χ1) is 14.6. The van der Waals surface area contributed by atoms with Gasteiger partial charge in [-0.25, -0.2) is 4.98 Å². The van der Waals surface area contributed by atoms with Crippen molar-refractivity contribution in [2.75, 3.05) is 27.4 Å². The number of para-hydroxylation sites is 2. The lowest BCUT2D eigenvalue weighted by molar-refractivity contribution is 0.171. The number of aryl methyl sites for hydroxylation is 2. The molecule has 0 aliphatic carbocycles. The Morgan fingerprint density at radius 2 is 1.87 bits per heavy atom. The average Bonchev–Trinajstić information content (AvgIpc) is 3.08. The molecular weight excluding hydrogens is 505 g/mol. The number of nitrogens with zero attached hydrogens (tertiary/aromatic N) is 3. The number of hydrogen-bond acceptors (Lipinski definition) is 4. The van der Waals surface area contributed by atoms with Crippen LogP contribution in [-0.4, -0.2) is 42.9 Å². The van der Waals surface area contributed by atoms with E-state index in [1.54, 1.807) is 14.2 Å². The summed E-state index contributed by atoms with van der Waals surface area (Å²) in [6.45, 7) is 4.58. The number of guanidine groups is 1. The van der Waals surface area contributed by atoms with Crippen LogP contribution in [0.3, 0.4) is 0 Å². The Kier molecular flexibility index (Phi) is 10.1. The normalized spacial score (nSPS) is 11.3. The number of rotatable bonds is 9. The van der Waals surface area contributed by atoms with Crippen LogP contribution >= 0.6 is 24.0 Å². The monoisotopic (exact) mass is 537 g/mol. The van der Waals surface area contributed by atoms with E-state index in [0.717, 1.165) is 34.6 Å². The maximum Gasteiger partial charge on any atom is 0.191 e. The number of halogens is 1. The highest BCUT2D eigenvalue weighted by atomic mass is 127. The zero-order valence-corrected chi connectivity index (χ0v) is 21.0. The molecule has 3 aromatic rings. The fourth-order valence-electron chi connectivity index (χ4n) is 3.24. The molecule has 0 saturated carbocycles. The number of hydrogen-bond donors (Lipinski definition) is 2. The summed E-state index contributed by atoms with van der Waals surface area (Å²) in [5.41, 5.74) is 4.37. The second-order valence-corrected chi connectivity index (χ2v) is 7.16. The second-order valence-electron chi connectivity index (χ2n) is 7.16. The summed E-state index contributed by atoms with van der Waals surface area (Å²) >= 11 is 0. The molecule has 8 heteroatoms. The number of benzene rings is 2. The van der Waals surface area contributed by atoms with E-state index in [1.807, 2.05) is 25.2 Å². The first-order valence-electron chi connectivity index (χ1n) is 10.2. The molecular formula is C23H32IN5O2. The van der Waals surface area contributed by atoms with Crippen LogP contribution in [-0.2, 0) is 24.9 Å². The number of ether oxygens (including phenoxy) is 2. The molecule has 1 heterocycles. The zero-order chi connectivity index (χ0) is 21.3. The van der Waals surface area contributed by atoms with Crippen molar-refractivity contribution in [1.29, 1.82) is 0 Å². The van der Waals surface area contributed by atoms with Gasteiger partial charge in [-0.3, -0.25) is 4.99 Å². The molecule has 0 spiro atoms. The van der Waals surface area contributed by atoms with Crippen molar-refractivity contribution in [2.45, 2.75) is 26.4 Å². The predicted molar refractivity (Wildman–Crippen MR) is 136 cm³/mol. The first-order valence-corrected chi connectivity index (χ1v) is 10.2. The number of imidazole rings is 1. The van der Waals surface area contributed by atoms with Crippen molar-refractivity contribution in [3.63, 3.8) is 0 Å². The van der Waals surface area contributed by atoms with Gasteiger partial charge in [0.1, 0.15) is 11.6 Å². The van der Waals surface area contributed by atoms with Crippen LogP contribution in [0.2, 0.25) is 0 Å². The minimum absolute atomic E-state index is 0. The molecule has 2 aromatic carbocycles. The molecule has 31 heavy (non-hydrogen) atoms. The van der Waals surface area contributed by atoms with Crippen molar-refractivity contribution in [1.82, 2.24) is 20.2 Å². The first kappa shape index (κ1) is 24.9. The highest BCUT2D eigenvalue weighted by Gasteiger charge is 2.09. The summed E-state index contributed by atoms with van der Waals surface area (Å²) < 4.78 is 13.2. The Hall–Kier alpha value is -2.33. The Bertz CT molecular complexity index is 1000. The Morgan fingerprint density at radius 3 is 2.61 bits per heavy atom. The Labute approximate surface area is 201 Å². The van der Waals surface area contributed by atoms with Crippen LogP contribution in [0.4, 0.5) is 0 Å². The molecule has 0 atom stereocenters. The fraction of sp³-hybridized carbons (Fsp3) is 0.391. The lowest BCUT2D eigenvalue weighted by atomic mass is 10.1. The average molecular weight is 537 g/mol. The van der Waals surface area contributed by atoms with Gasteiger partial charge in [0, 0.05) is 46.3 Å². The number of fused-ring (bicyclic) bond motifs is 1. The molecule has 0 saturated heterocycles. The van der Waals surface area contributed by atoms with Gasteiger partial charge in [-0.05, 0) is 30.7 Å². The maximum absolute atomic E-state index is 5.97. The lowest BCUT2D eigenvalue weighted by Gasteiger charge is -2.15. The van der Waals surface area contributed by atoms with Gasteiger partial charge < -0.3 is 24.7 Å². The standard InChI is InChI=1S/C23H31N5O2.HI/c1-17-10-11-18(21(14-17)30-13-7-12-29-4)15-25-23(24-2)26-16-22-27-19-8-5-6-9-20(19)28(22)3;/h5-6,8-11,14H,7,12-13,15-16H2,1-4H3,(H2,24,25,26);1H. The van der Waals surface area contributed by atoms with Gasteiger partial charge in [0.2, 0.25) is 0 Å². The third-order valence-electron chi connectivity index (χ3n) is 4.94. The summed E-state index contributed by atoms with van der Waals surface area (Å²) in [6.07, 6.45) is 0.860. The van der Waals surface area contributed by atoms with E-state index in [-0.39, 0.29) is 24.0 Å². The number of aliphatic imine (C=N–C) groups is 1. The minimum atomic E-state index is 0. The molecule has 0 aliphatic heterocycles. The summed E-state index contributed by atoms with van der Waals surface area (Å²) in [6, 6.07) is 14.4. The SMILES string of the molecule is CN=C(NCc1ccc(C)cc1OCCCOC)NCc1nc2ccccc2n1C.I. The predicted octanol–water partition coefficient (Wildman–Crippen LogP) is 3.78. The fourth-order valence-corrected chi connectivity index (χ4v) is 3.24. The van der Waals surface area contributed by atoms with Crippen molar-refractivity contribution < 1.29 is 9.47 Å². The molecule has 168 valence electrons. The Balaban J connectivity index is 0.00000341. The third kappa shape index (κ3) is 6.83. The molecule has 7 nitrogen and oxygen atoms in total. The number of aromatic nitrogens is 2. The highest BCUT2D eigenvalue weighted by molar-refractivity contribution is 14.0. The molecule has 0 bridgehead atoms. The minimum Gasteiger partial charge on any atom is -0.493 e. The Morgan fingerprint density at radius 1 is 1.10 bits per heavy atom. The van der Waals surface area contributed by atoms with Crippen LogP contribution in [0.25, 0.3) is 11.0 Å². The van der Waals surface area contributed by atoms with E-state index in [4.69, 9.17) is 14.5 Å². The smallest absolute Gasteiger partial charge is 0.191 e. The van der Waals surface area contributed by atoms with Crippen LogP contribution in [0.5, 0.6) is 5.75 Å². The van der Waals surface area contributed by atoms with Crippen molar-refractivity contribution >= 4 is 41.0 Å². The lowest BCUT2D eigenvalue weighted by Crippen LogP contribution is -2.37. The van der Waals surface area contributed by atoms with E-state index < -0.39 is 0 Å². The van der Waals surface area contributed by atoms with Crippen molar-refractivity contribution in [3.8, 4) is 5.75 Å². The van der Waals surface area contributed by atoms with Gasteiger partial charge in [-0.1, -0.05) is 24.3 Å². The van der Waals surface area contributed by atoms with Crippen molar-refractivity contribution in [3.05, 3.63) is 59.4 Å². The van der Waals surface area contributed by atoms with E-state index in [9.17, 15) is 0 Å². The van der Waals surface area contributed by atoms with Gasteiger partial charge in [-0.2, -0.15) is 0 Å². The summed E-state index contributed by atoms with van der Waals surface area (Å²) in [4.78, 5) is 9.03. The maximum atomic E-state index is 5.97. The number of methoxy groups -OCH3 is 1. The van der Waals surface area contributed by atoms with Crippen LogP contribution in [0.1, 0.15) is 23.4 Å². The quantitative estimate of drug-likeness (QED) is 0.188. The molecule has 0 fully saturated rings. The van der Waals surface area contributed by atoms with Gasteiger partial charge in [0.25, 0.3) is 0 Å². The van der Waals surface area contributed by atoms with E-state index in [1.165, 1.54) is 5.56 Å². The summed E-state index contributed by atoms with van der Waals surface area (Å²) in [5, 5.41) is 6.71. The summed E-state index contributed by atoms with van der Waals surface area (Å²) in [5.74, 6) is 2.56. The molecule has 0 unspecified atom stereocenters. The molecule has 1 aromatic heterocycles. The molecule has 2 N–H and O–H groups in total. The van der Waals surface area contributed by atoms with Gasteiger partial charge in [-0.15, -0.1) is 24.0 Å². The molecule has 0 radical (unpaired) electrons. The topological polar surface area (TPSA) is 72.7 Å². The van der Waals surface area contributed by atoms with Gasteiger partial charge >= 0.3 is 0 Å². The molecule has 3 rings (SSSR count). The van der Waals surface area contributed by atoms with Crippen LogP contribution in [0, 0.1) is 6.92 Å². The molecule has 0 amide bonds. The van der Waals surface area contributed by atoms with E-state index >= 15 is 0 Å². The van der Waals surface area contributed by atoms with Gasteiger partial charge in [0.15, 0.2) is 5.96 Å². The number of nitrogens with one attached hydrogen (secondary N) is 2. The van der Waals surface area contributed by atoms with Gasteiger partial charge in [0.05, 0.1) is 24.2 Å². The van der Waals surface area contributed by atoms with E-state index in [2.05, 4.69) is 51.4 Å². The van der Waals surface area contributed by atoms with E-state index in [0.29, 0.717) is 32.3 Å². The largest absolute Gasteiger partial charge is 0.493 e. The second kappa shape index (κ2) is 12.5. The third-order valence-corrected chi connectivity index (χ3v) is 4.94. The zero-order valence-electron chi connectivity index (χ0n) is 18.6. The molecule has 0 aliphatic rings. The summed E-state index contributed by atoms with van der Waals surface area (Å²) in [7, 11) is 5.50. The van der Waals surface area contributed by atoms with Crippen molar-refractivity contribution in [2.24, 2.45) is 12.0 Å².